The van der Waals surface area contributed by atoms with E-state index in [1.165, 1.54) is 10.9 Å². The molecule has 1 amide bonds. The van der Waals surface area contributed by atoms with E-state index in [0.29, 0.717) is 24.0 Å². The topological polar surface area (TPSA) is 74.0 Å². The van der Waals surface area contributed by atoms with Crippen molar-refractivity contribution in [3.63, 3.8) is 0 Å². The van der Waals surface area contributed by atoms with Crippen LogP contribution in [0.1, 0.15) is 19.9 Å². The van der Waals surface area contributed by atoms with E-state index in [0.717, 1.165) is 0 Å². The Morgan fingerprint density at radius 3 is 2.90 bits per heavy atom. The van der Waals surface area contributed by atoms with Gasteiger partial charge in [0.15, 0.2) is 0 Å². The first kappa shape index (κ1) is 14.5. The van der Waals surface area contributed by atoms with Crippen molar-refractivity contribution in [3.8, 4) is 0 Å². The van der Waals surface area contributed by atoms with Gasteiger partial charge in [0.2, 0.25) is 5.91 Å². The minimum Gasteiger partial charge on any atom is -0.360 e. The molecule has 0 aliphatic rings. The molecule has 0 spiro atoms. The molecule has 0 bridgehead atoms. The number of carbonyl (C=O) groups is 1. The largest absolute Gasteiger partial charge is 0.360 e. The molecular weight excluding hydrogens is 282 g/mol. The van der Waals surface area contributed by atoms with E-state index in [1.807, 2.05) is 6.92 Å². The summed E-state index contributed by atoms with van der Waals surface area (Å²) in [4.78, 5) is 12.1. The molecule has 0 aliphatic heterocycles. The Morgan fingerprint density at radius 2 is 2.25 bits per heavy atom. The molecule has 7 nitrogen and oxygen atoms in total. The van der Waals surface area contributed by atoms with Gasteiger partial charge in [-0.05, 0) is 13.8 Å². The number of halogens is 1. The van der Waals surface area contributed by atoms with Gasteiger partial charge in [0.25, 0.3) is 0 Å². The fraction of sp³-hybridized carbons (Fsp3) is 0.417. The highest BCUT2D eigenvalue weighted by Crippen LogP contribution is 2.13. The van der Waals surface area contributed by atoms with E-state index in [1.54, 1.807) is 30.2 Å². The van der Waals surface area contributed by atoms with Crippen molar-refractivity contribution in [1.29, 1.82) is 0 Å². The number of hydrogen-bond acceptors (Lipinski definition) is 4. The summed E-state index contributed by atoms with van der Waals surface area (Å²) in [6.07, 6.45) is 6.37. The molecule has 0 aliphatic carbocycles. The van der Waals surface area contributed by atoms with Gasteiger partial charge in [-0.3, -0.25) is 9.48 Å². The van der Waals surface area contributed by atoms with E-state index >= 15 is 0 Å². The molecular formula is C12H16ClN5O2. The van der Waals surface area contributed by atoms with Crippen LogP contribution in [0, 0.1) is 0 Å². The van der Waals surface area contributed by atoms with Crippen molar-refractivity contribution in [3.05, 3.63) is 29.8 Å². The second-order valence-electron chi connectivity index (χ2n) is 4.19. The molecule has 1 unspecified atom stereocenters. The monoisotopic (exact) mass is 297 g/mol. The molecule has 0 saturated carbocycles. The molecule has 20 heavy (non-hydrogen) atoms. The zero-order valence-corrected chi connectivity index (χ0v) is 12.0. The quantitative estimate of drug-likeness (QED) is 0.884. The molecule has 1 atom stereocenters. The average Bonchev–Trinajstić information content (AvgIpc) is 3.04. The van der Waals surface area contributed by atoms with Crippen molar-refractivity contribution < 1.29 is 9.53 Å². The van der Waals surface area contributed by atoms with E-state index in [2.05, 4.69) is 15.5 Å². The lowest BCUT2D eigenvalue weighted by Crippen LogP contribution is -2.23. The first-order valence-electron chi connectivity index (χ1n) is 6.21. The zero-order chi connectivity index (χ0) is 14.5. The van der Waals surface area contributed by atoms with Crippen LogP contribution in [0.25, 0.3) is 0 Å². The van der Waals surface area contributed by atoms with Gasteiger partial charge in [-0.1, -0.05) is 11.6 Å². The summed E-state index contributed by atoms with van der Waals surface area (Å²) in [5.41, 5.74) is 0.611. The Labute approximate surface area is 121 Å². The lowest BCUT2D eigenvalue weighted by Gasteiger charge is -2.11. The molecule has 1 N–H and O–H groups in total. The number of nitrogens with zero attached hydrogens (tertiary/aromatic N) is 4. The Kier molecular flexibility index (Phi) is 4.75. The fourth-order valence-corrected chi connectivity index (χ4v) is 1.72. The van der Waals surface area contributed by atoms with Gasteiger partial charge in [0, 0.05) is 12.8 Å². The Balaban J connectivity index is 1.95. The minimum absolute atomic E-state index is 0.194. The summed E-state index contributed by atoms with van der Waals surface area (Å²) < 4.78 is 8.32. The SMILES string of the molecule is CCOCn1cc(NC(=O)C(C)n2cc(Cl)cn2)cn1. The predicted molar refractivity (Wildman–Crippen MR) is 74.4 cm³/mol. The number of carbonyl (C=O) groups excluding carboxylic acids is 1. The number of anilines is 1. The molecule has 8 heteroatoms. The van der Waals surface area contributed by atoms with Crippen molar-refractivity contribution in [2.45, 2.75) is 26.6 Å². The lowest BCUT2D eigenvalue weighted by atomic mass is 10.3. The van der Waals surface area contributed by atoms with Crippen LogP contribution >= 0.6 is 11.6 Å². The van der Waals surface area contributed by atoms with Gasteiger partial charge in [-0.15, -0.1) is 0 Å². The third-order valence-corrected chi connectivity index (χ3v) is 2.87. The number of hydrogen-bond donors (Lipinski definition) is 1. The van der Waals surface area contributed by atoms with Crippen LogP contribution in [0.15, 0.2) is 24.8 Å². The highest BCUT2D eigenvalue weighted by Gasteiger charge is 2.16. The first-order valence-corrected chi connectivity index (χ1v) is 6.58. The van der Waals surface area contributed by atoms with E-state index in [-0.39, 0.29) is 5.91 Å². The summed E-state index contributed by atoms with van der Waals surface area (Å²) in [7, 11) is 0. The maximum atomic E-state index is 12.1. The van der Waals surface area contributed by atoms with E-state index in [4.69, 9.17) is 16.3 Å². The fourth-order valence-electron chi connectivity index (χ4n) is 1.58. The third-order valence-electron chi connectivity index (χ3n) is 2.67. The van der Waals surface area contributed by atoms with Crippen LogP contribution in [0.4, 0.5) is 5.69 Å². The van der Waals surface area contributed by atoms with Crippen LogP contribution in [0.5, 0.6) is 0 Å². The van der Waals surface area contributed by atoms with Gasteiger partial charge < -0.3 is 10.1 Å². The number of ether oxygens (including phenoxy) is 1. The molecule has 2 rings (SSSR count). The third kappa shape index (κ3) is 3.58. The summed E-state index contributed by atoms with van der Waals surface area (Å²) in [5, 5.41) is 11.3. The predicted octanol–water partition coefficient (Wildman–Crippen LogP) is 1.93. The number of aromatic nitrogens is 4. The minimum atomic E-state index is -0.460. The van der Waals surface area contributed by atoms with Gasteiger partial charge in [-0.2, -0.15) is 10.2 Å². The van der Waals surface area contributed by atoms with Gasteiger partial charge >= 0.3 is 0 Å². The smallest absolute Gasteiger partial charge is 0.249 e. The Morgan fingerprint density at radius 1 is 1.45 bits per heavy atom. The normalized spacial score (nSPS) is 12.3. The van der Waals surface area contributed by atoms with Crippen LogP contribution in [-0.4, -0.2) is 32.1 Å². The first-order chi connectivity index (χ1) is 9.60. The number of amides is 1. The highest BCUT2D eigenvalue weighted by atomic mass is 35.5. The summed E-state index contributed by atoms with van der Waals surface area (Å²) in [6, 6.07) is -0.460. The number of rotatable bonds is 6. The maximum absolute atomic E-state index is 12.1. The molecule has 0 fully saturated rings. The maximum Gasteiger partial charge on any atom is 0.249 e. The molecule has 0 aromatic carbocycles. The Hall–Kier alpha value is -1.86. The van der Waals surface area contributed by atoms with E-state index in [9.17, 15) is 4.79 Å². The van der Waals surface area contributed by atoms with Crippen molar-refractivity contribution in [2.24, 2.45) is 0 Å². The Bertz CT molecular complexity index is 580. The van der Waals surface area contributed by atoms with Gasteiger partial charge in [-0.25, -0.2) is 4.68 Å². The van der Waals surface area contributed by atoms with Crippen molar-refractivity contribution >= 4 is 23.2 Å². The van der Waals surface area contributed by atoms with Gasteiger partial charge in [0.05, 0.1) is 29.3 Å². The molecule has 2 heterocycles. The molecule has 2 aromatic rings. The average molecular weight is 298 g/mol. The van der Waals surface area contributed by atoms with Gasteiger partial charge in [0.1, 0.15) is 12.8 Å². The standard InChI is InChI=1S/C12H16ClN5O2/c1-3-20-8-17-7-11(5-14-17)16-12(19)9(2)18-6-10(13)4-15-18/h4-7,9H,3,8H2,1-2H3,(H,16,19). The van der Waals surface area contributed by atoms with Crippen LogP contribution < -0.4 is 5.32 Å². The van der Waals surface area contributed by atoms with Crippen molar-refractivity contribution in [1.82, 2.24) is 19.6 Å². The zero-order valence-electron chi connectivity index (χ0n) is 11.3. The molecule has 0 saturated heterocycles. The van der Waals surface area contributed by atoms with Crippen LogP contribution in [0.3, 0.4) is 0 Å². The molecule has 108 valence electrons. The highest BCUT2D eigenvalue weighted by molar-refractivity contribution is 6.30. The molecule has 2 aromatic heterocycles. The second kappa shape index (κ2) is 6.53. The molecule has 0 radical (unpaired) electrons. The summed E-state index contributed by atoms with van der Waals surface area (Å²) >= 11 is 5.78. The summed E-state index contributed by atoms with van der Waals surface area (Å²) in [5.74, 6) is -0.194. The van der Waals surface area contributed by atoms with Crippen LogP contribution in [0.2, 0.25) is 5.02 Å². The number of nitrogens with one attached hydrogen (secondary N) is 1. The van der Waals surface area contributed by atoms with Crippen molar-refractivity contribution in [2.75, 3.05) is 11.9 Å². The van der Waals surface area contributed by atoms with E-state index < -0.39 is 6.04 Å². The second-order valence-corrected chi connectivity index (χ2v) is 4.63. The lowest BCUT2D eigenvalue weighted by molar-refractivity contribution is -0.119. The summed E-state index contributed by atoms with van der Waals surface area (Å²) in [6.45, 7) is 4.61. The van der Waals surface area contributed by atoms with Crippen LogP contribution in [-0.2, 0) is 16.3 Å².